The Hall–Kier alpha value is -3.39. The number of carbonyl (C=O) groups is 1. The van der Waals surface area contributed by atoms with Crippen molar-refractivity contribution in [3.05, 3.63) is 105 Å². The smallest absolute Gasteiger partial charge is 0.224 e. The molecule has 0 aliphatic carbocycles. The summed E-state index contributed by atoms with van der Waals surface area (Å²) in [5.41, 5.74) is 2.67. The fourth-order valence-electron chi connectivity index (χ4n) is 4.32. The van der Waals surface area contributed by atoms with E-state index in [0.29, 0.717) is 47.1 Å². The SMILES string of the molecule is CN(Cc1cc2c(=O)c(CC(=O)NCc3ccc(Cl)cc3)cn(C)c2o1)CC(CO)c1ccccc1. The fraction of sp³-hybridized carbons (Fsp3) is 0.286. The number of benzene rings is 2. The Balaban J connectivity index is 1.43. The lowest BCUT2D eigenvalue weighted by Gasteiger charge is -2.22. The standard InChI is InChI=1S/C28H30ClN3O4/c1-31(15-22(18-33)20-6-4-3-5-7-20)17-24-13-25-27(35)21(16-32(2)28(25)36-24)12-26(34)30-14-19-8-10-23(29)11-9-19/h3-11,13,16,22,33H,12,14-15,17-18H2,1-2H3,(H,30,34). The van der Waals surface area contributed by atoms with Crippen molar-refractivity contribution in [2.75, 3.05) is 20.2 Å². The summed E-state index contributed by atoms with van der Waals surface area (Å²) < 4.78 is 7.73. The number of aryl methyl sites for hydroxylation is 1. The zero-order valence-corrected chi connectivity index (χ0v) is 21.2. The first kappa shape index (κ1) is 25.7. The number of aromatic nitrogens is 1. The Morgan fingerprint density at radius 3 is 2.58 bits per heavy atom. The monoisotopic (exact) mass is 507 g/mol. The van der Waals surface area contributed by atoms with Gasteiger partial charge in [-0.2, -0.15) is 0 Å². The van der Waals surface area contributed by atoms with Crippen LogP contribution in [0.4, 0.5) is 0 Å². The van der Waals surface area contributed by atoms with E-state index in [4.69, 9.17) is 16.0 Å². The summed E-state index contributed by atoms with van der Waals surface area (Å²) in [6, 6.07) is 18.9. The maximum Gasteiger partial charge on any atom is 0.224 e. The summed E-state index contributed by atoms with van der Waals surface area (Å²) in [6.45, 7) is 1.51. The first-order valence-electron chi connectivity index (χ1n) is 11.8. The van der Waals surface area contributed by atoms with Crippen molar-refractivity contribution in [2.45, 2.75) is 25.4 Å². The van der Waals surface area contributed by atoms with Crippen LogP contribution in [0.15, 0.2) is 76.1 Å². The van der Waals surface area contributed by atoms with E-state index in [-0.39, 0.29) is 30.3 Å². The Kier molecular flexibility index (Phi) is 8.25. The maximum atomic E-state index is 13.1. The molecule has 0 saturated heterocycles. The summed E-state index contributed by atoms with van der Waals surface area (Å²) in [5.74, 6) is 0.389. The number of hydrogen-bond donors (Lipinski definition) is 2. The van der Waals surface area contributed by atoms with Gasteiger partial charge >= 0.3 is 0 Å². The van der Waals surface area contributed by atoms with E-state index in [9.17, 15) is 14.7 Å². The molecule has 1 atom stereocenters. The first-order chi connectivity index (χ1) is 17.3. The van der Waals surface area contributed by atoms with E-state index < -0.39 is 0 Å². The average Bonchev–Trinajstić information content (AvgIpc) is 3.30. The molecular formula is C28H30ClN3O4. The van der Waals surface area contributed by atoms with E-state index in [0.717, 1.165) is 11.1 Å². The topological polar surface area (TPSA) is 87.7 Å². The van der Waals surface area contributed by atoms with Crippen molar-refractivity contribution in [1.29, 1.82) is 0 Å². The molecule has 0 spiro atoms. The number of fused-ring (bicyclic) bond motifs is 1. The van der Waals surface area contributed by atoms with Crippen LogP contribution < -0.4 is 10.7 Å². The van der Waals surface area contributed by atoms with Gasteiger partial charge in [-0.15, -0.1) is 0 Å². The second kappa shape index (κ2) is 11.6. The molecule has 2 heterocycles. The fourth-order valence-corrected chi connectivity index (χ4v) is 4.45. The van der Waals surface area contributed by atoms with E-state index >= 15 is 0 Å². The highest BCUT2D eigenvalue weighted by Gasteiger charge is 2.18. The predicted octanol–water partition coefficient (Wildman–Crippen LogP) is 3.85. The van der Waals surface area contributed by atoms with Crippen molar-refractivity contribution in [2.24, 2.45) is 7.05 Å². The highest BCUT2D eigenvalue weighted by atomic mass is 35.5. The average molecular weight is 508 g/mol. The zero-order valence-electron chi connectivity index (χ0n) is 20.4. The number of likely N-dealkylation sites (N-methyl/N-ethyl adjacent to an activating group) is 1. The van der Waals surface area contributed by atoms with Crippen LogP contribution in [0, 0.1) is 0 Å². The van der Waals surface area contributed by atoms with E-state index in [1.54, 1.807) is 36.0 Å². The Labute approximate surface area is 214 Å². The van der Waals surface area contributed by atoms with E-state index in [1.807, 2.05) is 49.5 Å². The van der Waals surface area contributed by atoms with Gasteiger partial charge in [0.1, 0.15) is 5.76 Å². The molecule has 1 amide bonds. The van der Waals surface area contributed by atoms with Gasteiger partial charge < -0.3 is 19.4 Å². The lowest BCUT2D eigenvalue weighted by Crippen LogP contribution is -2.27. The molecular weight excluding hydrogens is 478 g/mol. The third-order valence-corrected chi connectivity index (χ3v) is 6.42. The Morgan fingerprint density at radius 1 is 1.17 bits per heavy atom. The summed E-state index contributed by atoms with van der Waals surface area (Å²) >= 11 is 5.90. The van der Waals surface area contributed by atoms with Gasteiger partial charge in [0.15, 0.2) is 5.43 Å². The molecule has 0 aliphatic heterocycles. The highest BCUT2D eigenvalue weighted by Crippen LogP contribution is 2.21. The summed E-state index contributed by atoms with van der Waals surface area (Å²) in [4.78, 5) is 27.7. The number of aliphatic hydroxyl groups excluding tert-OH is 1. The number of furan rings is 1. The van der Waals surface area contributed by atoms with Crippen molar-refractivity contribution in [3.63, 3.8) is 0 Å². The van der Waals surface area contributed by atoms with Crippen LogP contribution in [0.5, 0.6) is 0 Å². The first-order valence-corrected chi connectivity index (χ1v) is 12.2. The second-order valence-corrected chi connectivity index (χ2v) is 9.53. The molecule has 0 radical (unpaired) electrons. The minimum Gasteiger partial charge on any atom is -0.443 e. The summed E-state index contributed by atoms with van der Waals surface area (Å²) in [5, 5.41) is 13.8. The number of amides is 1. The van der Waals surface area contributed by atoms with Crippen molar-refractivity contribution in [1.82, 2.24) is 14.8 Å². The van der Waals surface area contributed by atoms with Gasteiger partial charge in [-0.3, -0.25) is 14.5 Å². The van der Waals surface area contributed by atoms with Crippen LogP contribution in [0.2, 0.25) is 5.02 Å². The quantitative estimate of drug-likeness (QED) is 0.340. The van der Waals surface area contributed by atoms with E-state index in [1.165, 1.54) is 0 Å². The number of pyridine rings is 1. The molecule has 4 rings (SSSR count). The molecule has 2 aromatic heterocycles. The lowest BCUT2D eigenvalue weighted by atomic mass is 9.99. The van der Waals surface area contributed by atoms with Crippen molar-refractivity contribution >= 4 is 28.6 Å². The van der Waals surface area contributed by atoms with Gasteiger partial charge in [-0.1, -0.05) is 54.1 Å². The Morgan fingerprint density at radius 2 is 1.89 bits per heavy atom. The molecule has 0 aliphatic rings. The number of carbonyl (C=O) groups excluding carboxylic acids is 1. The largest absolute Gasteiger partial charge is 0.443 e. The predicted molar refractivity (Wildman–Crippen MR) is 141 cm³/mol. The Bertz CT molecular complexity index is 1380. The molecule has 36 heavy (non-hydrogen) atoms. The number of nitrogens with zero attached hydrogens (tertiary/aromatic N) is 2. The van der Waals surface area contributed by atoms with Gasteiger partial charge in [0.25, 0.3) is 0 Å². The van der Waals surface area contributed by atoms with Crippen LogP contribution in [0.3, 0.4) is 0 Å². The van der Waals surface area contributed by atoms with Crippen LogP contribution in [0.1, 0.15) is 28.4 Å². The number of nitrogens with one attached hydrogen (secondary N) is 1. The third-order valence-electron chi connectivity index (χ3n) is 6.17. The lowest BCUT2D eigenvalue weighted by molar-refractivity contribution is -0.120. The van der Waals surface area contributed by atoms with Gasteiger partial charge in [-0.05, 0) is 36.4 Å². The molecule has 188 valence electrons. The van der Waals surface area contributed by atoms with Crippen LogP contribution >= 0.6 is 11.6 Å². The van der Waals surface area contributed by atoms with Gasteiger partial charge in [0.2, 0.25) is 11.6 Å². The van der Waals surface area contributed by atoms with Gasteiger partial charge in [-0.25, -0.2) is 0 Å². The normalized spacial score (nSPS) is 12.2. The maximum absolute atomic E-state index is 13.1. The molecule has 0 bridgehead atoms. The molecule has 8 heteroatoms. The van der Waals surface area contributed by atoms with Gasteiger partial charge in [0, 0.05) is 42.8 Å². The molecule has 2 aromatic carbocycles. The minimum atomic E-state index is -0.235. The third kappa shape index (κ3) is 6.23. The van der Waals surface area contributed by atoms with Crippen LogP contribution in [0.25, 0.3) is 11.1 Å². The van der Waals surface area contributed by atoms with Crippen molar-refractivity contribution in [3.8, 4) is 0 Å². The van der Waals surface area contributed by atoms with Crippen LogP contribution in [-0.4, -0.2) is 40.7 Å². The second-order valence-electron chi connectivity index (χ2n) is 9.09. The van der Waals surface area contributed by atoms with Crippen molar-refractivity contribution < 1.29 is 14.3 Å². The molecule has 1 unspecified atom stereocenters. The number of halogens is 1. The highest BCUT2D eigenvalue weighted by molar-refractivity contribution is 6.30. The summed E-state index contributed by atoms with van der Waals surface area (Å²) in [6.07, 6.45) is 1.63. The molecule has 2 N–H and O–H groups in total. The van der Waals surface area contributed by atoms with Gasteiger partial charge in [0.05, 0.1) is 25.0 Å². The molecule has 7 nitrogen and oxygen atoms in total. The summed E-state index contributed by atoms with van der Waals surface area (Å²) in [7, 11) is 3.75. The molecule has 4 aromatic rings. The zero-order chi connectivity index (χ0) is 25.7. The molecule has 0 saturated carbocycles. The van der Waals surface area contributed by atoms with E-state index in [2.05, 4.69) is 10.2 Å². The number of aliphatic hydroxyl groups is 1. The van der Waals surface area contributed by atoms with Crippen LogP contribution in [-0.2, 0) is 31.4 Å². The minimum absolute atomic E-state index is 0.0219. The number of rotatable bonds is 10. The molecule has 0 fully saturated rings. The number of hydrogen-bond acceptors (Lipinski definition) is 5.